The molecule has 4 heteroatoms. The minimum atomic E-state index is -0.551. The maximum Gasteiger partial charge on any atom is 0.0714 e. The molecule has 0 aliphatic heterocycles. The van der Waals surface area contributed by atoms with Crippen molar-refractivity contribution in [3.8, 4) is 33.4 Å². The fraction of sp³-hybridized carbons (Fsp3) is 0.0758. The first-order chi connectivity index (χ1) is 66.8. The zero-order valence-corrected chi connectivity index (χ0v) is 79.9. The van der Waals surface area contributed by atoms with Gasteiger partial charge in [-0.25, -0.2) is 0 Å². The Kier molecular flexibility index (Phi) is 20.8. The van der Waals surface area contributed by atoms with Crippen LogP contribution in [-0.4, -0.2) is 0 Å². The van der Waals surface area contributed by atoms with E-state index in [1.807, 2.05) is 0 Å². The monoisotopic (exact) mass is 1870 g/mol. The summed E-state index contributed by atoms with van der Waals surface area (Å²) in [7, 11) is 0. The Balaban J connectivity index is 0.000000157. The maximum absolute atomic E-state index is 3.65. The molecule has 136 heavy (non-hydrogen) atoms. The van der Waals surface area contributed by atoms with Gasteiger partial charge in [0.15, 0.2) is 0 Å². The van der Waals surface area contributed by atoms with Crippen LogP contribution in [0.1, 0.15) is 111 Å². The second kappa shape index (κ2) is 33.7. The van der Waals surface area contributed by atoms with E-state index in [9.17, 15) is 0 Å². The molecule has 0 saturated heterocycles. The zero-order valence-electron chi connectivity index (χ0n) is 76.7. The van der Waals surface area contributed by atoms with Crippen LogP contribution in [0.2, 0.25) is 0 Å². The largest absolute Gasteiger partial charge is 0.309 e. The summed E-state index contributed by atoms with van der Waals surface area (Å²) in [6.45, 7) is 13.5. The maximum atomic E-state index is 3.65. The van der Waals surface area contributed by atoms with Gasteiger partial charge in [0.25, 0.3) is 0 Å². The fourth-order valence-electron chi connectivity index (χ4n) is 24.1. The number of hydrogen-bond donors (Lipinski definition) is 0. The van der Waals surface area contributed by atoms with Gasteiger partial charge in [-0.05, 0) is 295 Å². The number of anilines is 6. The van der Waals surface area contributed by atoms with Gasteiger partial charge >= 0.3 is 0 Å². The minimum absolute atomic E-state index is 0.328. The molecular weight excluding hydrogens is 1770 g/mol. The number of nitrogens with zero attached hydrogens (tertiary/aromatic N) is 2. The van der Waals surface area contributed by atoms with Crippen LogP contribution in [0.5, 0.6) is 0 Å². The van der Waals surface area contributed by atoms with Gasteiger partial charge in [-0.3, -0.25) is 0 Å². The van der Waals surface area contributed by atoms with Crippen LogP contribution in [-0.2, 0) is 22.7 Å². The van der Waals surface area contributed by atoms with Crippen molar-refractivity contribution < 1.29 is 0 Å². The third kappa shape index (κ3) is 13.1. The SMILES string of the molecule is Brc1ccc2ccc3c(Br)ccc4ccc1c2c43.Cc1cccc(C)c1Cc1cccc(C2(c3ccccc3)c3ccccc3-c3ccccc32)c1.Cc1cccc(C)c1N(c1cccc(C2(c3ccccc3)c3ccccc3-c3ccccc32)c1)c1ccc2ccc3c(N(c4cccc(C5(c6ccccc6)c6ccccc6-c6ccccc65)c4)c4c(C)cccc4C)ccc4ccc1c2c43. The highest BCUT2D eigenvalue weighted by atomic mass is 79.9. The van der Waals surface area contributed by atoms with Crippen molar-refractivity contribution in [2.24, 2.45) is 0 Å². The minimum Gasteiger partial charge on any atom is -0.309 e. The molecule has 3 aliphatic carbocycles. The first-order valence-corrected chi connectivity index (χ1v) is 48.9. The Bertz CT molecular complexity index is 8060. The molecule has 0 unspecified atom stereocenters. The second-order valence-electron chi connectivity index (χ2n) is 37.2. The number of halogens is 2. The number of rotatable bonds is 14. The molecule has 26 rings (SSSR count). The molecule has 0 amide bonds. The molecule has 0 saturated carbocycles. The Morgan fingerprint density at radius 3 is 0.787 bits per heavy atom. The van der Waals surface area contributed by atoms with E-state index >= 15 is 0 Å². The number of hydrogen-bond acceptors (Lipinski definition) is 2. The lowest BCUT2D eigenvalue weighted by Gasteiger charge is -2.36. The van der Waals surface area contributed by atoms with Crippen LogP contribution in [0.4, 0.5) is 34.1 Å². The highest BCUT2D eigenvalue weighted by molar-refractivity contribution is 9.11. The highest BCUT2D eigenvalue weighted by Crippen LogP contribution is 2.62. The summed E-state index contributed by atoms with van der Waals surface area (Å²) in [6, 6.07) is 172. The molecular formula is C132H96Br2N2. The normalized spacial score (nSPS) is 13.2. The van der Waals surface area contributed by atoms with Crippen LogP contribution in [0, 0.1) is 41.5 Å². The molecule has 0 aromatic heterocycles. The second-order valence-corrected chi connectivity index (χ2v) is 38.9. The molecule has 23 aromatic carbocycles. The molecule has 0 fully saturated rings. The van der Waals surface area contributed by atoms with E-state index in [2.05, 4.69) is 544 Å². The van der Waals surface area contributed by atoms with E-state index in [4.69, 9.17) is 0 Å². The van der Waals surface area contributed by atoms with E-state index < -0.39 is 10.8 Å². The Morgan fingerprint density at radius 1 is 0.206 bits per heavy atom. The lowest BCUT2D eigenvalue weighted by molar-refractivity contribution is 0.766. The van der Waals surface area contributed by atoms with Crippen molar-refractivity contribution in [3.05, 3.63) is 581 Å². The van der Waals surface area contributed by atoms with Gasteiger partial charge in [0, 0.05) is 31.1 Å². The molecule has 0 bridgehead atoms. The van der Waals surface area contributed by atoms with Crippen LogP contribution >= 0.6 is 31.9 Å². The van der Waals surface area contributed by atoms with E-state index in [1.165, 1.54) is 221 Å². The van der Waals surface area contributed by atoms with Crippen molar-refractivity contribution in [1.82, 2.24) is 0 Å². The summed E-state index contributed by atoms with van der Waals surface area (Å²) >= 11 is 7.30. The van der Waals surface area contributed by atoms with Crippen molar-refractivity contribution in [3.63, 3.8) is 0 Å². The Labute approximate surface area is 812 Å². The molecule has 2 nitrogen and oxygen atoms in total. The topological polar surface area (TPSA) is 6.48 Å². The van der Waals surface area contributed by atoms with Gasteiger partial charge in [-0.1, -0.05) is 444 Å². The van der Waals surface area contributed by atoms with E-state index in [0.717, 1.165) is 38.1 Å². The van der Waals surface area contributed by atoms with Gasteiger partial charge in [0.05, 0.1) is 39.0 Å². The van der Waals surface area contributed by atoms with Gasteiger partial charge in [-0.2, -0.15) is 0 Å². The smallest absolute Gasteiger partial charge is 0.0714 e. The van der Waals surface area contributed by atoms with Crippen molar-refractivity contribution in [1.29, 1.82) is 0 Å². The van der Waals surface area contributed by atoms with E-state index in [-0.39, 0.29) is 5.41 Å². The summed E-state index contributed by atoms with van der Waals surface area (Å²) in [6.07, 6.45) is 0.945. The van der Waals surface area contributed by atoms with Crippen LogP contribution in [0.25, 0.3) is 98.0 Å². The van der Waals surface area contributed by atoms with E-state index in [1.54, 1.807) is 0 Å². The lowest BCUT2D eigenvalue weighted by atomic mass is 9.67. The van der Waals surface area contributed by atoms with Gasteiger partial charge in [0.2, 0.25) is 0 Å². The standard InChI is InChI=1S/C82H60N2.C34H28.C16H8Br2/c1-53-23-19-24-54(2)79(53)83(63-33-21-31-61(51-63)81(59-27-7-5-8-28-59)71-39-15-11-35-65(71)66-36-12-16-40-72(66)81)75-49-45-57-44-48-70-76(50-46-58-43-47-69(75)77(57)78(58)70)84(80-55(3)25-20-26-56(80)4)64-34-22-32-62(52-64)82(60-29-9-6-10-30-60)73-41-17-13-37-67(73)68-38-14-18-42-74(68)82;1-24-12-10-13-25(2)31(24)23-26-14-11-17-28(22-26)34(27-15-4-3-5-16-27)32-20-8-6-18-29(32)30-19-7-9-21-33(30)34;17-13-8-4-10-2-6-12-14(18)7-3-9-1-5-11(13)16(10)15(9)12/h5-52H,1-4H3;3-22H,23H2,1-2H3;1-8H. The number of para-hydroxylation sites is 2. The number of aryl methyl sites for hydroxylation is 6. The van der Waals surface area contributed by atoms with Crippen LogP contribution in [0.15, 0.2) is 470 Å². The quantitative estimate of drug-likeness (QED) is 0.100. The Morgan fingerprint density at radius 2 is 0.456 bits per heavy atom. The average molecular weight is 1870 g/mol. The summed E-state index contributed by atoms with van der Waals surface area (Å²) in [5, 5.41) is 15.2. The molecule has 0 spiro atoms. The molecule has 3 aliphatic rings. The number of fused-ring (bicyclic) bond motifs is 9. The average Bonchev–Trinajstić information content (AvgIpc) is 1.58. The van der Waals surface area contributed by atoms with Crippen molar-refractivity contribution in [2.45, 2.75) is 64.2 Å². The third-order valence-electron chi connectivity index (χ3n) is 29.9. The predicted molar refractivity (Wildman–Crippen MR) is 581 cm³/mol. The first-order valence-electron chi connectivity index (χ1n) is 47.4. The third-order valence-corrected chi connectivity index (χ3v) is 31.3. The molecule has 0 heterocycles. The summed E-state index contributed by atoms with van der Waals surface area (Å²) in [5.41, 5.74) is 39.2. The van der Waals surface area contributed by atoms with Crippen molar-refractivity contribution in [2.75, 3.05) is 9.80 Å². The number of benzene rings is 23. The molecule has 0 atom stereocenters. The fourth-order valence-corrected chi connectivity index (χ4v) is 25.0. The van der Waals surface area contributed by atoms with Gasteiger partial charge in [-0.15, -0.1) is 0 Å². The molecule has 648 valence electrons. The summed E-state index contributed by atoms with van der Waals surface area (Å²) in [4.78, 5) is 5.12. The molecule has 0 N–H and O–H groups in total. The van der Waals surface area contributed by atoms with E-state index in [0.29, 0.717) is 0 Å². The summed E-state index contributed by atoms with van der Waals surface area (Å²) in [5.74, 6) is 0. The van der Waals surface area contributed by atoms with Gasteiger partial charge in [0.1, 0.15) is 0 Å². The molecule has 23 aromatic rings. The first kappa shape index (κ1) is 83.7. The predicted octanol–water partition coefficient (Wildman–Crippen LogP) is 35.8. The summed E-state index contributed by atoms with van der Waals surface area (Å²) < 4.78 is 2.31. The van der Waals surface area contributed by atoms with Gasteiger partial charge < -0.3 is 9.80 Å². The Hall–Kier alpha value is -15.3. The highest BCUT2D eigenvalue weighted by Gasteiger charge is 2.50. The van der Waals surface area contributed by atoms with Crippen molar-refractivity contribution >= 4 is 131 Å². The van der Waals surface area contributed by atoms with Crippen LogP contribution in [0.3, 0.4) is 0 Å². The van der Waals surface area contributed by atoms with Crippen LogP contribution < -0.4 is 9.80 Å². The zero-order chi connectivity index (χ0) is 91.7. The molecule has 0 radical (unpaired) electrons. The lowest BCUT2D eigenvalue weighted by Crippen LogP contribution is -2.29.